The first kappa shape index (κ1) is 27.3. The summed E-state index contributed by atoms with van der Waals surface area (Å²) in [4.78, 5) is 26.1. The molecule has 0 radical (unpaired) electrons. The van der Waals surface area contributed by atoms with E-state index in [0.29, 0.717) is 12.3 Å². The standard InChI is InChI=1S/C24H37N2O6P/c1-3-4-5-6-7-8-9-10-11-17-30-22-14-12-13-21(18-22)23-15-16-25-24(26-23)31-19-20(2)32-33(27,28)29/h12-16,18,20H,3-11,17,19H2,1-2H3,(H2,27,28,29)/t20-/m0/s1. The van der Waals surface area contributed by atoms with E-state index in [-0.39, 0.29) is 12.6 Å². The van der Waals surface area contributed by atoms with Gasteiger partial charge in [0.1, 0.15) is 18.5 Å². The molecule has 1 atom stereocenters. The van der Waals surface area contributed by atoms with Gasteiger partial charge in [-0.1, -0.05) is 70.4 Å². The van der Waals surface area contributed by atoms with Gasteiger partial charge in [0.15, 0.2) is 0 Å². The molecule has 0 fully saturated rings. The van der Waals surface area contributed by atoms with Crippen molar-refractivity contribution < 1.29 is 28.3 Å². The summed E-state index contributed by atoms with van der Waals surface area (Å²) >= 11 is 0. The largest absolute Gasteiger partial charge is 0.494 e. The summed E-state index contributed by atoms with van der Waals surface area (Å²) < 4.78 is 26.8. The molecule has 33 heavy (non-hydrogen) atoms. The molecular weight excluding hydrogens is 443 g/mol. The molecule has 8 nitrogen and oxygen atoms in total. The highest BCUT2D eigenvalue weighted by Crippen LogP contribution is 2.37. The zero-order valence-electron chi connectivity index (χ0n) is 19.7. The molecule has 2 aromatic rings. The fourth-order valence-electron chi connectivity index (χ4n) is 3.38. The van der Waals surface area contributed by atoms with Crippen LogP contribution in [0.1, 0.15) is 71.6 Å². The van der Waals surface area contributed by atoms with Gasteiger partial charge in [-0.3, -0.25) is 4.52 Å². The Hall–Kier alpha value is -1.99. The Bertz CT molecular complexity index is 860. The molecule has 0 aliphatic rings. The number of ether oxygens (including phenoxy) is 2. The fourth-order valence-corrected chi connectivity index (χ4v) is 3.91. The van der Waals surface area contributed by atoms with E-state index >= 15 is 0 Å². The van der Waals surface area contributed by atoms with Crippen LogP contribution in [0, 0.1) is 0 Å². The number of rotatable bonds is 17. The van der Waals surface area contributed by atoms with Crippen molar-refractivity contribution in [3.63, 3.8) is 0 Å². The lowest BCUT2D eigenvalue weighted by Crippen LogP contribution is -2.17. The van der Waals surface area contributed by atoms with Crippen molar-refractivity contribution in [2.24, 2.45) is 0 Å². The quantitative estimate of drug-likeness (QED) is 0.212. The molecule has 0 aliphatic heterocycles. The molecule has 9 heteroatoms. The van der Waals surface area contributed by atoms with Crippen LogP contribution in [0.5, 0.6) is 11.8 Å². The number of phosphoric acid groups is 1. The third kappa shape index (κ3) is 12.2. The molecule has 0 saturated heterocycles. The topological polar surface area (TPSA) is 111 Å². The van der Waals surface area contributed by atoms with Gasteiger partial charge in [0, 0.05) is 11.8 Å². The summed E-state index contributed by atoms with van der Waals surface area (Å²) in [5.74, 6) is 0.789. The Morgan fingerprint density at radius 2 is 1.67 bits per heavy atom. The van der Waals surface area contributed by atoms with E-state index in [1.54, 1.807) is 12.3 Å². The van der Waals surface area contributed by atoms with Crippen LogP contribution in [0.3, 0.4) is 0 Å². The van der Waals surface area contributed by atoms with Gasteiger partial charge in [-0.15, -0.1) is 0 Å². The number of unbranched alkanes of at least 4 members (excludes halogenated alkanes) is 8. The van der Waals surface area contributed by atoms with E-state index in [0.717, 1.165) is 17.7 Å². The zero-order valence-corrected chi connectivity index (χ0v) is 20.6. The molecule has 1 aromatic carbocycles. The van der Waals surface area contributed by atoms with Crippen LogP contribution in [0.2, 0.25) is 0 Å². The summed E-state index contributed by atoms with van der Waals surface area (Å²) in [5.41, 5.74) is 1.53. The Morgan fingerprint density at radius 3 is 2.36 bits per heavy atom. The maximum atomic E-state index is 10.9. The van der Waals surface area contributed by atoms with Crippen LogP contribution in [-0.4, -0.2) is 39.1 Å². The van der Waals surface area contributed by atoms with E-state index in [1.165, 1.54) is 58.3 Å². The zero-order chi connectivity index (χ0) is 23.9. The molecule has 1 aromatic heterocycles. The minimum absolute atomic E-state index is 0.0869. The molecule has 0 bridgehead atoms. The van der Waals surface area contributed by atoms with Crippen LogP contribution >= 0.6 is 7.82 Å². The van der Waals surface area contributed by atoms with Gasteiger partial charge in [0.05, 0.1) is 12.3 Å². The third-order valence-corrected chi connectivity index (χ3v) is 5.68. The number of aromatic nitrogens is 2. The van der Waals surface area contributed by atoms with Crippen molar-refractivity contribution in [2.75, 3.05) is 13.2 Å². The minimum Gasteiger partial charge on any atom is -0.494 e. The number of nitrogens with zero attached hydrogens (tertiary/aromatic N) is 2. The van der Waals surface area contributed by atoms with Crippen LogP contribution in [-0.2, 0) is 9.09 Å². The van der Waals surface area contributed by atoms with Gasteiger partial charge in [0.25, 0.3) is 0 Å². The number of phosphoric ester groups is 1. The summed E-state index contributed by atoms with van der Waals surface area (Å²) in [6, 6.07) is 9.57. The van der Waals surface area contributed by atoms with Crippen LogP contribution in [0.25, 0.3) is 11.3 Å². The molecular formula is C24H37N2O6P. The van der Waals surface area contributed by atoms with E-state index in [1.807, 2.05) is 24.3 Å². The summed E-state index contributed by atoms with van der Waals surface area (Å²) in [6.07, 6.45) is 12.3. The van der Waals surface area contributed by atoms with Gasteiger partial charge >= 0.3 is 13.8 Å². The first-order valence-electron chi connectivity index (χ1n) is 11.8. The molecule has 0 amide bonds. The van der Waals surface area contributed by atoms with Gasteiger partial charge < -0.3 is 19.3 Å². The highest BCUT2D eigenvalue weighted by atomic mass is 31.2. The van der Waals surface area contributed by atoms with Crippen molar-refractivity contribution in [2.45, 2.75) is 77.7 Å². The van der Waals surface area contributed by atoms with E-state index < -0.39 is 13.9 Å². The Balaban J connectivity index is 1.76. The lowest BCUT2D eigenvalue weighted by Gasteiger charge is -2.14. The molecule has 2 N–H and O–H groups in total. The lowest BCUT2D eigenvalue weighted by molar-refractivity contribution is 0.0973. The van der Waals surface area contributed by atoms with Gasteiger partial charge in [-0.05, 0) is 31.5 Å². The fraction of sp³-hybridized carbons (Fsp3) is 0.583. The maximum absolute atomic E-state index is 10.9. The predicted molar refractivity (Wildman–Crippen MR) is 128 cm³/mol. The summed E-state index contributed by atoms with van der Waals surface area (Å²) in [6.45, 7) is 4.34. The first-order valence-corrected chi connectivity index (χ1v) is 13.3. The summed E-state index contributed by atoms with van der Waals surface area (Å²) in [5, 5.41) is 0. The number of hydrogen-bond donors (Lipinski definition) is 2. The molecule has 0 unspecified atom stereocenters. The highest BCUT2D eigenvalue weighted by Gasteiger charge is 2.19. The van der Waals surface area contributed by atoms with Crippen molar-refractivity contribution in [1.29, 1.82) is 0 Å². The van der Waals surface area contributed by atoms with Gasteiger partial charge in [-0.25, -0.2) is 9.55 Å². The minimum atomic E-state index is -4.56. The molecule has 184 valence electrons. The molecule has 0 saturated carbocycles. The lowest BCUT2D eigenvalue weighted by atomic mass is 10.1. The van der Waals surface area contributed by atoms with Crippen molar-refractivity contribution in [1.82, 2.24) is 9.97 Å². The van der Waals surface area contributed by atoms with E-state index in [2.05, 4.69) is 21.4 Å². The maximum Gasteiger partial charge on any atom is 0.469 e. The van der Waals surface area contributed by atoms with Crippen LogP contribution in [0.15, 0.2) is 36.5 Å². The number of hydrogen-bond acceptors (Lipinski definition) is 6. The van der Waals surface area contributed by atoms with Crippen LogP contribution in [0.4, 0.5) is 0 Å². The first-order chi connectivity index (χ1) is 15.9. The SMILES string of the molecule is CCCCCCCCCCCOc1cccc(-c2ccnc(OC[C@H](C)OP(=O)(O)O)n2)c1. The van der Waals surface area contributed by atoms with E-state index in [4.69, 9.17) is 19.3 Å². The van der Waals surface area contributed by atoms with Crippen molar-refractivity contribution in [3.8, 4) is 23.0 Å². The second-order valence-corrected chi connectivity index (χ2v) is 9.34. The predicted octanol–water partition coefficient (Wildman–Crippen LogP) is 5.93. The monoisotopic (exact) mass is 480 g/mol. The molecule has 0 aliphatic carbocycles. The normalized spacial score (nSPS) is 12.5. The molecule has 1 heterocycles. The Labute approximate surface area is 197 Å². The van der Waals surface area contributed by atoms with E-state index in [9.17, 15) is 4.57 Å². The Kier molecular flexibility index (Phi) is 12.4. The highest BCUT2D eigenvalue weighted by molar-refractivity contribution is 7.46. The van der Waals surface area contributed by atoms with Crippen LogP contribution < -0.4 is 9.47 Å². The molecule has 0 spiro atoms. The average molecular weight is 481 g/mol. The van der Waals surface area contributed by atoms with Gasteiger partial charge in [0.2, 0.25) is 0 Å². The van der Waals surface area contributed by atoms with Gasteiger partial charge in [-0.2, -0.15) is 4.98 Å². The second kappa shape index (κ2) is 15.0. The second-order valence-electron chi connectivity index (χ2n) is 8.15. The third-order valence-electron chi connectivity index (χ3n) is 5.04. The smallest absolute Gasteiger partial charge is 0.469 e. The van der Waals surface area contributed by atoms with Crippen molar-refractivity contribution in [3.05, 3.63) is 36.5 Å². The summed E-state index contributed by atoms with van der Waals surface area (Å²) in [7, 11) is -4.56. The average Bonchev–Trinajstić information content (AvgIpc) is 2.78. The van der Waals surface area contributed by atoms with Crippen molar-refractivity contribution >= 4 is 7.82 Å². The molecule has 2 rings (SSSR count). The Morgan fingerprint density at radius 1 is 0.970 bits per heavy atom. The number of benzene rings is 1.